The topological polar surface area (TPSA) is 26.3 Å². The molecule has 0 saturated heterocycles. The van der Waals surface area contributed by atoms with Gasteiger partial charge in [0.1, 0.15) is 22.3 Å². The first-order chi connectivity index (χ1) is 26.0. The molecule has 1 aliphatic carbocycles. The molecular formula is C51H32O2. The normalized spacial score (nSPS) is 13.6. The van der Waals surface area contributed by atoms with Crippen LogP contribution in [0.5, 0.6) is 0 Å². The van der Waals surface area contributed by atoms with Gasteiger partial charge in [-0.25, -0.2) is 0 Å². The van der Waals surface area contributed by atoms with E-state index >= 15 is 0 Å². The van der Waals surface area contributed by atoms with E-state index in [4.69, 9.17) is 8.83 Å². The number of rotatable bonds is 2. The molecule has 0 bridgehead atoms. The van der Waals surface area contributed by atoms with E-state index in [1.807, 2.05) is 18.2 Å². The maximum Gasteiger partial charge on any atom is 0.143 e. The zero-order valence-electron chi connectivity index (χ0n) is 29.3. The molecule has 1 aliphatic rings. The lowest BCUT2D eigenvalue weighted by molar-refractivity contribution is 0.665. The monoisotopic (exact) mass is 676 g/mol. The molecule has 0 spiro atoms. The van der Waals surface area contributed by atoms with Crippen molar-refractivity contribution in [3.63, 3.8) is 0 Å². The summed E-state index contributed by atoms with van der Waals surface area (Å²) >= 11 is 0. The lowest BCUT2D eigenvalue weighted by atomic mass is 9.79. The summed E-state index contributed by atoms with van der Waals surface area (Å²) in [6, 6.07) is 57.5. The first kappa shape index (κ1) is 29.0. The molecule has 9 aromatic carbocycles. The SMILES string of the molecule is CC1(C)c2ccc(-c3c4ccccc4c(-c4ccc5oc6ccccc6c5c4)c4ccccc34)cc2-c2ccc3c(ccc4c5ccccc5oc34)c21. The van der Waals surface area contributed by atoms with Crippen LogP contribution in [0.15, 0.2) is 167 Å². The summed E-state index contributed by atoms with van der Waals surface area (Å²) in [6.45, 7) is 4.75. The summed E-state index contributed by atoms with van der Waals surface area (Å²) in [5.74, 6) is 0. The van der Waals surface area contributed by atoms with Crippen molar-refractivity contribution < 1.29 is 8.83 Å². The molecule has 0 N–H and O–H groups in total. The minimum atomic E-state index is -0.174. The Morgan fingerprint density at radius 3 is 1.53 bits per heavy atom. The molecule has 0 aliphatic heterocycles. The van der Waals surface area contributed by atoms with Crippen LogP contribution in [-0.4, -0.2) is 0 Å². The highest BCUT2D eigenvalue weighted by Gasteiger charge is 2.37. The number of benzene rings is 9. The Kier molecular flexibility index (Phi) is 5.60. The van der Waals surface area contributed by atoms with Crippen LogP contribution in [-0.2, 0) is 5.41 Å². The molecule has 0 fully saturated rings. The van der Waals surface area contributed by atoms with Gasteiger partial charge < -0.3 is 8.83 Å². The zero-order valence-corrected chi connectivity index (χ0v) is 29.3. The molecule has 0 atom stereocenters. The van der Waals surface area contributed by atoms with Gasteiger partial charge in [-0.15, -0.1) is 0 Å². The Hall–Kier alpha value is -6.64. The molecule has 11 aromatic rings. The molecule has 2 nitrogen and oxygen atoms in total. The first-order valence-electron chi connectivity index (χ1n) is 18.4. The van der Waals surface area contributed by atoms with Gasteiger partial charge in [0.2, 0.25) is 0 Å². The van der Waals surface area contributed by atoms with Crippen LogP contribution in [0.4, 0.5) is 0 Å². The van der Waals surface area contributed by atoms with Crippen LogP contribution >= 0.6 is 0 Å². The fourth-order valence-electron chi connectivity index (χ4n) is 9.72. The molecule has 2 aromatic heterocycles. The van der Waals surface area contributed by atoms with Crippen LogP contribution in [0.2, 0.25) is 0 Å². The molecule has 12 rings (SSSR count). The van der Waals surface area contributed by atoms with Gasteiger partial charge in [-0.05, 0) is 114 Å². The largest absolute Gasteiger partial charge is 0.456 e. The van der Waals surface area contributed by atoms with Gasteiger partial charge in [0.25, 0.3) is 0 Å². The summed E-state index contributed by atoms with van der Waals surface area (Å²) in [6.07, 6.45) is 0. The van der Waals surface area contributed by atoms with Gasteiger partial charge >= 0.3 is 0 Å². The average molecular weight is 677 g/mol. The molecule has 248 valence electrons. The van der Waals surface area contributed by atoms with Gasteiger partial charge in [0.15, 0.2) is 0 Å². The van der Waals surface area contributed by atoms with Crippen molar-refractivity contribution in [2.24, 2.45) is 0 Å². The number of hydrogen-bond acceptors (Lipinski definition) is 2. The van der Waals surface area contributed by atoms with Crippen LogP contribution in [0.3, 0.4) is 0 Å². The molecule has 0 radical (unpaired) electrons. The van der Waals surface area contributed by atoms with Crippen molar-refractivity contribution >= 4 is 76.2 Å². The Morgan fingerprint density at radius 2 is 0.849 bits per heavy atom. The standard InChI is InChI=1S/C51H32O2/c1-51(2)43-25-19-29(27-41(43)38-22-24-40-37(49(38)51)21-23-39-31-11-7-10-18-45(31)53-50(39)40)47-33-13-3-5-15-35(33)48(36-16-6-4-14-34(36)47)30-20-26-46-42(28-30)32-12-8-9-17-44(32)52-46/h3-28H,1-2H3. The van der Waals surface area contributed by atoms with E-state index in [0.717, 1.165) is 38.5 Å². The fourth-order valence-corrected chi connectivity index (χ4v) is 9.72. The van der Waals surface area contributed by atoms with Crippen LogP contribution in [0.25, 0.3) is 110 Å². The van der Waals surface area contributed by atoms with E-state index in [1.165, 1.54) is 82.2 Å². The van der Waals surface area contributed by atoms with Crippen LogP contribution in [0.1, 0.15) is 25.0 Å². The van der Waals surface area contributed by atoms with E-state index in [1.54, 1.807) is 0 Å². The third-order valence-electron chi connectivity index (χ3n) is 12.0. The van der Waals surface area contributed by atoms with Gasteiger partial charge in [0, 0.05) is 32.3 Å². The highest BCUT2D eigenvalue weighted by molar-refractivity contribution is 6.23. The molecule has 53 heavy (non-hydrogen) atoms. The van der Waals surface area contributed by atoms with Gasteiger partial charge in [-0.2, -0.15) is 0 Å². The molecule has 2 heterocycles. The Balaban J connectivity index is 1.09. The van der Waals surface area contributed by atoms with Crippen molar-refractivity contribution in [3.8, 4) is 33.4 Å². The second kappa shape index (κ2) is 10.2. The summed E-state index contributed by atoms with van der Waals surface area (Å²) < 4.78 is 12.7. The average Bonchev–Trinajstić information content (AvgIpc) is 3.84. The van der Waals surface area contributed by atoms with E-state index in [0.29, 0.717) is 0 Å². The maximum absolute atomic E-state index is 6.50. The summed E-state index contributed by atoms with van der Waals surface area (Å²) in [7, 11) is 0. The van der Waals surface area contributed by atoms with E-state index < -0.39 is 0 Å². The smallest absolute Gasteiger partial charge is 0.143 e. The van der Waals surface area contributed by atoms with Crippen molar-refractivity contribution in [3.05, 3.63) is 169 Å². The third kappa shape index (κ3) is 3.82. The third-order valence-corrected chi connectivity index (χ3v) is 12.0. The highest BCUT2D eigenvalue weighted by atomic mass is 16.3. The summed E-state index contributed by atoms with van der Waals surface area (Å²) in [5, 5.41) is 12.1. The Labute approximate surface area is 305 Å². The second-order valence-electron chi connectivity index (χ2n) is 15.2. The number of hydrogen-bond donors (Lipinski definition) is 0. The molecule has 0 amide bonds. The van der Waals surface area contributed by atoms with Crippen molar-refractivity contribution in [1.82, 2.24) is 0 Å². The van der Waals surface area contributed by atoms with Gasteiger partial charge in [0.05, 0.1) is 0 Å². The summed E-state index contributed by atoms with van der Waals surface area (Å²) in [4.78, 5) is 0. The number of para-hydroxylation sites is 2. The highest BCUT2D eigenvalue weighted by Crippen LogP contribution is 2.54. The second-order valence-corrected chi connectivity index (χ2v) is 15.2. The van der Waals surface area contributed by atoms with Crippen molar-refractivity contribution in [1.29, 1.82) is 0 Å². The predicted octanol–water partition coefficient (Wildman–Crippen LogP) is 14.6. The number of fused-ring (bicyclic) bond motifs is 14. The summed E-state index contributed by atoms with van der Waals surface area (Å²) in [5.41, 5.74) is 13.9. The molecule has 2 heteroatoms. The van der Waals surface area contributed by atoms with Crippen LogP contribution < -0.4 is 0 Å². The molecular weight excluding hydrogens is 645 g/mol. The van der Waals surface area contributed by atoms with Crippen LogP contribution in [0, 0.1) is 0 Å². The van der Waals surface area contributed by atoms with E-state index in [-0.39, 0.29) is 5.41 Å². The lowest BCUT2D eigenvalue weighted by Crippen LogP contribution is -2.15. The fraction of sp³-hybridized carbons (Fsp3) is 0.0588. The quantitative estimate of drug-likeness (QED) is 0.170. The minimum absolute atomic E-state index is 0.174. The van der Waals surface area contributed by atoms with Gasteiger partial charge in [-0.1, -0.05) is 129 Å². The maximum atomic E-state index is 6.50. The van der Waals surface area contributed by atoms with E-state index in [9.17, 15) is 0 Å². The number of furan rings is 2. The Morgan fingerprint density at radius 1 is 0.358 bits per heavy atom. The minimum Gasteiger partial charge on any atom is -0.456 e. The first-order valence-corrected chi connectivity index (χ1v) is 18.4. The lowest BCUT2D eigenvalue weighted by Gasteiger charge is -2.23. The Bertz CT molecular complexity index is 3310. The van der Waals surface area contributed by atoms with E-state index in [2.05, 4.69) is 153 Å². The predicted molar refractivity (Wildman–Crippen MR) is 222 cm³/mol. The molecule has 0 unspecified atom stereocenters. The van der Waals surface area contributed by atoms with Gasteiger partial charge in [-0.3, -0.25) is 0 Å². The molecule has 0 saturated carbocycles. The zero-order chi connectivity index (χ0) is 35.0. The van der Waals surface area contributed by atoms with Crippen molar-refractivity contribution in [2.75, 3.05) is 0 Å². The van der Waals surface area contributed by atoms with Crippen molar-refractivity contribution in [2.45, 2.75) is 19.3 Å².